The number of carbonyl (C=O) groups excluding carboxylic acids is 2. The normalized spacial score (nSPS) is 11.1. The molecule has 1 aromatic carbocycles. The molecule has 0 atom stereocenters. The number of hydrogen-bond acceptors (Lipinski definition) is 3. The molecule has 0 spiro atoms. The molecular formula is C18H17ClN4O2. The molecule has 25 heavy (non-hydrogen) atoms. The quantitative estimate of drug-likeness (QED) is 0.652. The Balaban J connectivity index is 2.55. The highest BCUT2D eigenvalue weighted by Gasteiger charge is 2.16. The van der Waals surface area contributed by atoms with Crippen molar-refractivity contribution in [3.63, 3.8) is 0 Å². The number of primary amides is 1. The lowest BCUT2D eigenvalue weighted by atomic mass is 10.1. The van der Waals surface area contributed by atoms with Crippen LogP contribution in [0, 0.1) is 32.1 Å². The maximum Gasteiger partial charge on any atom is 0.319 e. The van der Waals surface area contributed by atoms with Crippen molar-refractivity contribution in [1.29, 1.82) is 5.26 Å². The van der Waals surface area contributed by atoms with Crippen LogP contribution in [0.25, 0.3) is 11.8 Å². The number of nitrogens with zero attached hydrogens (tertiary/aromatic N) is 2. The summed E-state index contributed by atoms with van der Waals surface area (Å²) in [5.41, 5.74) is 9.00. The lowest BCUT2D eigenvalue weighted by Crippen LogP contribution is -2.35. The minimum Gasteiger partial charge on any atom is -0.351 e. The second-order valence-electron chi connectivity index (χ2n) is 5.53. The number of nitrogens with one attached hydrogen (secondary N) is 1. The topological polar surface area (TPSA) is 101 Å². The number of amides is 3. The molecule has 3 amide bonds. The van der Waals surface area contributed by atoms with Crippen LogP contribution in [-0.4, -0.2) is 16.5 Å². The second-order valence-corrected chi connectivity index (χ2v) is 5.94. The number of nitrogens with two attached hydrogens (primary N) is 1. The number of halogens is 1. The molecule has 3 N–H and O–H groups in total. The van der Waals surface area contributed by atoms with Gasteiger partial charge in [-0.15, -0.1) is 0 Å². The van der Waals surface area contributed by atoms with Gasteiger partial charge in [0.15, 0.2) is 0 Å². The zero-order valence-corrected chi connectivity index (χ0v) is 14.8. The maximum absolute atomic E-state index is 11.8. The van der Waals surface area contributed by atoms with E-state index in [-0.39, 0.29) is 5.57 Å². The summed E-state index contributed by atoms with van der Waals surface area (Å²) in [6.45, 7) is 5.72. The van der Waals surface area contributed by atoms with Crippen LogP contribution in [0.5, 0.6) is 0 Å². The van der Waals surface area contributed by atoms with Crippen molar-refractivity contribution in [3.05, 3.63) is 57.4 Å². The Morgan fingerprint density at radius 1 is 1.32 bits per heavy atom. The third-order valence-corrected chi connectivity index (χ3v) is 4.26. The van der Waals surface area contributed by atoms with E-state index in [1.54, 1.807) is 6.07 Å². The molecule has 2 rings (SSSR count). The lowest BCUT2D eigenvalue weighted by Gasteiger charge is -2.13. The fourth-order valence-electron chi connectivity index (χ4n) is 2.63. The fourth-order valence-corrected chi connectivity index (χ4v) is 2.80. The number of urea groups is 1. The molecule has 0 aliphatic rings. The SMILES string of the molecule is Cc1c(Cl)cccc1-n1c(C)cc(/C=C(/C#N)C(=O)NC(N)=O)c1C. The van der Waals surface area contributed by atoms with Gasteiger partial charge in [-0.05, 0) is 56.2 Å². The summed E-state index contributed by atoms with van der Waals surface area (Å²) in [6.07, 6.45) is 1.43. The van der Waals surface area contributed by atoms with Crippen LogP contribution in [0.4, 0.5) is 4.79 Å². The highest BCUT2D eigenvalue weighted by atomic mass is 35.5. The minimum absolute atomic E-state index is 0.207. The van der Waals surface area contributed by atoms with Gasteiger partial charge in [-0.3, -0.25) is 10.1 Å². The standard InChI is InChI=1S/C18H17ClN4O2/c1-10-7-13(8-14(9-20)17(24)22-18(21)25)12(3)23(10)16-6-4-5-15(19)11(16)2/h4-8H,1-3H3,(H3,21,22,24,25)/b14-8-. The van der Waals surface area contributed by atoms with Crippen molar-refractivity contribution < 1.29 is 9.59 Å². The molecule has 0 aliphatic heterocycles. The van der Waals surface area contributed by atoms with Crippen molar-refractivity contribution in [3.8, 4) is 11.8 Å². The molecule has 128 valence electrons. The van der Waals surface area contributed by atoms with Crippen LogP contribution in [0.3, 0.4) is 0 Å². The van der Waals surface area contributed by atoms with Crippen molar-refractivity contribution in [2.24, 2.45) is 5.73 Å². The van der Waals surface area contributed by atoms with Crippen LogP contribution >= 0.6 is 11.6 Å². The molecule has 6 nitrogen and oxygen atoms in total. The third-order valence-electron chi connectivity index (χ3n) is 3.85. The number of carbonyl (C=O) groups is 2. The van der Waals surface area contributed by atoms with Crippen molar-refractivity contribution in [1.82, 2.24) is 9.88 Å². The van der Waals surface area contributed by atoms with Gasteiger partial charge in [-0.25, -0.2) is 4.79 Å². The predicted octanol–water partition coefficient (Wildman–Crippen LogP) is 3.16. The summed E-state index contributed by atoms with van der Waals surface area (Å²) in [4.78, 5) is 22.6. The van der Waals surface area contributed by atoms with Crippen LogP contribution in [-0.2, 0) is 4.79 Å². The van der Waals surface area contributed by atoms with Gasteiger partial charge >= 0.3 is 6.03 Å². The van der Waals surface area contributed by atoms with Crippen LogP contribution in [0.15, 0.2) is 29.8 Å². The first-order valence-electron chi connectivity index (χ1n) is 7.43. The lowest BCUT2D eigenvalue weighted by molar-refractivity contribution is -0.115. The number of benzene rings is 1. The summed E-state index contributed by atoms with van der Waals surface area (Å²) >= 11 is 6.21. The van der Waals surface area contributed by atoms with Crippen LogP contribution < -0.4 is 11.1 Å². The Kier molecular flexibility index (Phi) is 5.30. The Bertz CT molecular complexity index is 935. The highest BCUT2D eigenvalue weighted by Crippen LogP contribution is 2.28. The van der Waals surface area contributed by atoms with E-state index in [9.17, 15) is 14.9 Å². The molecule has 0 radical (unpaired) electrons. The molecule has 2 aromatic rings. The zero-order valence-electron chi connectivity index (χ0n) is 14.1. The van der Waals surface area contributed by atoms with Gasteiger partial charge in [0.25, 0.3) is 5.91 Å². The molecule has 0 saturated carbocycles. The molecular weight excluding hydrogens is 340 g/mol. The minimum atomic E-state index is -1.01. The first kappa shape index (κ1) is 18.3. The average Bonchev–Trinajstić information content (AvgIpc) is 2.81. The largest absolute Gasteiger partial charge is 0.351 e. The van der Waals surface area contributed by atoms with Crippen molar-refractivity contribution in [2.75, 3.05) is 0 Å². The number of hydrogen-bond donors (Lipinski definition) is 2. The molecule has 7 heteroatoms. The monoisotopic (exact) mass is 356 g/mol. The summed E-state index contributed by atoms with van der Waals surface area (Å²) < 4.78 is 1.99. The zero-order chi connectivity index (χ0) is 18.7. The van der Waals surface area contributed by atoms with Crippen LogP contribution in [0.2, 0.25) is 5.02 Å². The number of nitriles is 1. The average molecular weight is 357 g/mol. The van der Waals surface area contributed by atoms with Crippen molar-refractivity contribution >= 4 is 29.6 Å². The molecule has 0 saturated heterocycles. The summed E-state index contributed by atoms with van der Waals surface area (Å²) in [5, 5.41) is 11.7. The number of aryl methyl sites for hydroxylation is 1. The van der Waals surface area contributed by atoms with Gasteiger partial charge in [0.05, 0.1) is 0 Å². The Morgan fingerprint density at radius 2 is 2.00 bits per heavy atom. The predicted molar refractivity (Wildman–Crippen MR) is 96.3 cm³/mol. The molecule has 1 aromatic heterocycles. The van der Waals surface area contributed by atoms with Crippen LogP contribution in [0.1, 0.15) is 22.5 Å². The van der Waals surface area contributed by atoms with Gasteiger partial charge < -0.3 is 10.3 Å². The number of rotatable bonds is 3. The summed E-state index contributed by atoms with van der Waals surface area (Å²) in [7, 11) is 0. The van der Waals surface area contributed by atoms with E-state index < -0.39 is 11.9 Å². The van der Waals surface area contributed by atoms with Gasteiger partial charge in [0.2, 0.25) is 0 Å². The van der Waals surface area contributed by atoms with E-state index in [1.807, 2.05) is 54.9 Å². The highest BCUT2D eigenvalue weighted by molar-refractivity contribution is 6.31. The summed E-state index contributed by atoms with van der Waals surface area (Å²) in [5.74, 6) is -0.835. The Morgan fingerprint density at radius 3 is 2.60 bits per heavy atom. The summed E-state index contributed by atoms with van der Waals surface area (Å²) in [6, 6.07) is 8.25. The van der Waals surface area contributed by atoms with E-state index in [0.717, 1.165) is 22.6 Å². The Hall–Kier alpha value is -3.04. The van der Waals surface area contributed by atoms with E-state index in [2.05, 4.69) is 0 Å². The molecule has 1 heterocycles. The van der Waals surface area contributed by atoms with E-state index >= 15 is 0 Å². The molecule has 0 aliphatic carbocycles. The fraction of sp³-hybridized carbons (Fsp3) is 0.167. The first-order valence-corrected chi connectivity index (χ1v) is 7.81. The van der Waals surface area contributed by atoms with Gasteiger partial charge in [0, 0.05) is 22.1 Å². The maximum atomic E-state index is 11.8. The Labute approximate surface area is 150 Å². The van der Waals surface area contributed by atoms with Gasteiger partial charge in [-0.1, -0.05) is 17.7 Å². The van der Waals surface area contributed by atoms with E-state index in [4.69, 9.17) is 17.3 Å². The molecule has 0 unspecified atom stereocenters. The van der Waals surface area contributed by atoms with Gasteiger partial charge in [-0.2, -0.15) is 5.26 Å². The smallest absolute Gasteiger partial charge is 0.319 e. The van der Waals surface area contributed by atoms with Crippen molar-refractivity contribution in [2.45, 2.75) is 20.8 Å². The van der Waals surface area contributed by atoms with Gasteiger partial charge in [0.1, 0.15) is 11.6 Å². The molecule has 0 fully saturated rings. The third kappa shape index (κ3) is 3.73. The number of aromatic nitrogens is 1. The first-order chi connectivity index (χ1) is 11.8. The number of imide groups is 1. The molecule has 0 bridgehead atoms. The second kappa shape index (κ2) is 7.24. The van der Waals surface area contributed by atoms with E-state index in [0.29, 0.717) is 10.6 Å². The van der Waals surface area contributed by atoms with E-state index in [1.165, 1.54) is 6.08 Å².